The quantitative estimate of drug-likeness (QED) is 0.679. The number of hydrogen-bond donors (Lipinski definition) is 0. The maximum atomic E-state index is 12.9. The molecule has 3 aromatic rings. The lowest BCUT2D eigenvalue weighted by atomic mass is 9.98. The molecule has 1 aliphatic heterocycles. The summed E-state index contributed by atoms with van der Waals surface area (Å²) in [5.74, 6) is 1.43. The van der Waals surface area contributed by atoms with Crippen LogP contribution < -0.4 is 0 Å². The highest BCUT2D eigenvalue weighted by molar-refractivity contribution is 5.72. The van der Waals surface area contributed by atoms with Gasteiger partial charge in [-0.15, -0.1) is 0 Å². The lowest BCUT2D eigenvalue weighted by Gasteiger charge is -2.30. The number of benzene rings is 1. The van der Waals surface area contributed by atoms with Crippen LogP contribution in [0.1, 0.15) is 36.8 Å². The molecule has 1 aliphatic rings. The fraction of sp³-hybridized carbons (Fsp3) is 0.474. The van der Waals surface area contributed by atoms with Gasteiger partial charge in [0, 0.05) is 25.7 Å². The summed E-state index contributed by atoms with van der Waals surface area (Å²) in [4.78, 5) is 10.4. The van der Waals surface area contributed by atoms with Crippen LogP contribution in [0.15, 0.2) is 34.9 Å². The molecule has 2 atom stereocenters. The zero-order valence-corrected chi connectivity index (χ0v) is 15.2. The maximum absolute atomic E-state index is 12.9. The Morgan fingerprint density at radius 1 is 1.30 bits per heavy atom. The standard InChI is InChI=1S/C19H21F3N4O/c1-12(18-23-14-5-3-4-6-15(14)27-18)25(2)9-13-7-8-17-24-16(19(20,21)22)11-26(17)10-13/h3-6,11-13H,7-10H2,1-2H3/t12-,13-/m1/s1. The van der Waals surface area contributed by atoms with Gasteiger partial charge in [-0.05, 0) is 38.4 Å². The van der Waals surface area contributed by atoms with E-state index in [4.69, 9.17) is 4.42 Å². The second-order valence-corrected chi connectivity index (χ2v) is 7.23. The number of aryl methyl sites for hydroxylation is 1. The Morgan fingerprint density at radius 2 is 2.07 bits per heavy atom. The Bertz CT molecular complexity index is 913. The van der Waals surface area contributed by atoms with Crippen molar-refractivity contribution in [3.8, 4) is 0 Å². The van der Waals surface area contributed by atoms with Crippen molar-refractivity contribution in [3.05, 3.63) is 47.9 Å². The zero-order chi connectivity index (χ0) is 19.2. The molecule has 0 bridgehead atoms. The lowest BCUT2D eigenvalue weighted by Crippen LogP contribution is -2.33. The second-order valence-electron chi connectivity index (χ2n) is 7.23. The van der Waals surface area contributed by atoms with E-state index in [1.807, 2.05) is 38.2 Å². The van der Waals surface area contributed by atoms with Crippen molar-refractivity contribution in [2.45, 2.75) is 38.5 Å². The largest absolute Gasteiger partial charge is 0.439 e. The van der Waals surface area contributed by atoms with Crippen molar-refractivity contribution in [1.29, 1.82) is 0 Å². The number of halogens is 3. The molecule has 144 valence electrons. The van der Waals surface area contributed by atoms with Crippen molar-refractivity contribution < 1.29 is 17.6 Å². The summed E-state index contributed by atoms with van der Waals surface area (Å²) in [6.07, 6.45) is -1.88. The number of para-hydroxylation sites is 2. The number of hydrogen-bond acceptors (Lipinski definition) is 4. The van der Waals surface area contributed by atoms with Crippen LogP contribution in [0.2, 0.25) is 0 Å². The Balaban J connectivity index is 1.43. The highest BCUT2D eigenvalue weighted by Gasteiger charge is 2.36. The molecule has 0 aliphatic carbocycles. The molecule has 27 heavy (non-hydrogen) atoms. The zero-order valence-electron chi connectivity index (χ0n) is 15.2. The first kappa shape index (κ1) is 18.0. The third kappa shape index (κ3) is 3.58. The first-order valence-corrected chi connectivity index (χ1v) is 9.00. The predicted molar refractivity (Wildman–Crippen MR) is 94.1 cm³/mol. The minimum absolute atomic E-state index is 0.0210. The summed E-state index contributed by atoms with van der Waals surface area (Å²) >= 11 is 0. The normalized spacial score (nSPS) is 18.8. The maximum Gasteiger partial charge on any atom is 0.434 e. The van der Waals surface area contributed by atoms with Crippen molar-refractivity contribution >= 4 is 11.1 Å². The highest BCUT2D eigenvalue weighted by Crippen LogP contribution is 2.31. The van der Waals surface area contributed by atoms with E-state index in [0.717, 1.165) is 30.3 Å². The van der Waals surface area contributed by atoms with Crippen LogP contribution in [0.25, 0.3) is 11.1 Å². The molecule has 8 heteroatoms. The van der Waals surface area contributed by atoms with Gasteiger partial charge >= 0.3 is 6.18 Å². The fourth-order valence-corrected chi connectivity index (χ4v) is 3.62. The summed E-state index contributed by atoms with van der Waals surface area (Å²) in [5.41, 5.74) is 0.785. The molecule has 0 N–H and O–H groups in total. The number of rotatable bonds is 4. The molecule has 4 rings (SSSR count). The first-order chi connectivity index (χ1) is 12.8. The van der Waals surface area contributed by atoms with Gasteiger partial charge in [-0.25, -0.2) is 9.97 Å². The molecule has 0 saturated heterocycles. The van der Waals surface area contributed by atoms with E-state index in [1.54, 1.807) is 4.57 Å². The minimum Gasteiger partial charge on any atom is -0.439 e. The Hall–Kier alpha value is -2.35. The monoisotopic (exact) mass is 378 g/mol. The smallest absolute Gasteiger partial charge is 0.434 e. The van der Waals surface area contributed by atoms with Crippen molar-refractivity contribution in [1.82, 2.24) is 19.4 Å². The number of alkyl halides is 3. The van der Waals surface area contributed by atoms with E-state index < -0.39 is 11.9 Å². The topological polar surface area (TPSA) is 47.1 Å². The van der Waals surface area contributed by atoms with Crippen LogP contribution in [-0.2, 0) is 19.1 Å². The van der Waals surface area contributed by atoms with Crippen molar-refractivity contribution in [3.63, 3.8) is 0 Å². The van der Waals surface area contributed by atoms with Gasteiger partial charge in [0.05, 0.1) is 6.04 Å². The fourth-order valence-electron chi connectivity index (χ4n) is 3.62. The van der Waals surface area contributed by atoms with E-state index in [0.29, 0.717) is 24.7 Å². The van der Waals surface area contributed by atoms with Gasteiger partial charge in [0.1, 0.15) is 11.3 Å². The molecule has 0 radical (unpaired) electrons. The molecule has 0 fully saturated rings. The van der Waals surface area contributed by atoms with Crippen LogP contribution in [-0.4, -0.2) is 33.0 Å². The highest BCUT2D eigenvalue weighted by atomic mass is 19.4. The predicted octanol–water partition coefficient (Wildman–Crippen LogP) is 4.30. The van der Waals surface area contributed by atoms with Gasteiger partial charge in [0.2, 0.25) is 5.89 Å². The van der Waals surface area contributed by atoms with Crippen molar-refractivity contribution in [2.24, 2.45) is 5.92 Å². The minimum atomic E-state index is -4.39. The SMILES string of the molecule is C[C@H](c1nc2ccccc2o1)N(C)C[C@H]1CCc2nc(C(F)(F)F)cn2C1. The molecule has 2 aromatic heterocycles. The molecule has 1 aromatic carbocycles. The molecule has 0 saturated carbocycles. The van der Waals surface area contributed by atoms with Gasteiger partial charge in [-0.1, -0.05) is 12.1 Å². The van der Waals surface area contributed by atoms with Crippen molar-refractivity contribution in [2.75, 3.05) is 13.6 Å². The molecular formula is C19H21F3N4O. The third-order valence-electron chi connectivity index (χ3n) is 5.26. The average molecular weight is 378 g/mol. The summed E-state index contributed by atoms with van der Waals surface area (Å²) in [6, 6.07) is 7.61. The molecule has 0 unspecified atom stereocenters. The van der Waals surface area contributed by atoms with Crippen LogP contribution in [0.4, 0.5) is 13.2 Å². The molecule has 5 nitrogen and oxygen atoms in total. The van der Waals surface area contributed by atoms with Gasteiger partial charge in [0.25, 0.3) is 0 Å². The van der Waals surface area contributed by atoms with E-state index in [1.165, 1.54) is 0 Å². The number of aromatic nitrogens is 3. The third-order valence-corrected chi connectivity index (χ3v) is 5.26. The Kier molecular flexibility index (Phi) is 4.46. The van der Waals surface area contributed by atoms with Gasteiger partial charge in [-0.2, -0.15) is 13.2 Å². The summed E-state index contributed by atoms with van der Waals surface area (Å²) < 4.78 is 46.1. The van der Waals surface area contributed by atoms with Gasteiger partial charge in [-0.3, -0.25) is 4.90 Å². The molecule has 0 amide bonds. The molecule has 0 spiro atoms. The summed E-state index contributed by atoms with van der Waals surface area (Å²) in [7, 11) is 1.99. The Labute approximate surface area is 154 Å². The average Bonchev–Trinajstić information content (AvgIpc) is 3.24. The number of nitrogens with zero attached hydrogens (tertiary/aromatic N) is 4. The van der Waals surface area contributed by atoms with Crippen LogP contribution in [0.3, 0.4) is 0 Å². The van der Waals surface area contributed by atoms with Gasteiger partial charge in [0.15, 0.2) is 11.3 Å². The molecular weight excluding hydrogens is 357 g/mol. The van der Waals surface area contributed by atoms with Crippen LogP contribution in [0, 0.1) is 5.92 Å². The molecule has 3 heterocycles. The van der Waals surface area contributed by atoms with Gasteiger partial charge < -0.3 is 8.98 Å². The first-order valence-electron chi connectivity index (χ1n) is 9.00. The van der Waals surface area contributed by atoms with E-state index >= 15 is 0 Å². The van der Waals surface area contributed by atoms with Crippen LogP contribution >= 0.6 is 0 Å². The number of fused-ring (bicyclic) bond motifs is 2. The second kappa shape index (κ2) is 6.67. The van der Waals surface area contributed by atoms with Crippen LogP contribution in [0.5, 0.6) is 0 Å². The number of imidazole rings is 1. The van der Waals surface area contributed by atoms with E-state index in [2.05, 4.69) is 14.9 Å². The Morgan fingerprint density at radius 3 is 2.81 bits per heavy atom. The summed E-state index contributed by atoms with van der Waals surface area (Å²) in [6.45, 7) is 3.32. The lowest BCUT2D eigenvalue weighted by molar-refractivity contribution is -0.141. The summed E-state index contributed by atoms with van der Waals surface area (Å²) in [5, 5.41) is 0. The van der Waals surface area contributed by atoms with E-state index in [9.17, 15) is 13.2 Å². The number of oxazole rings is 1. The van der Waals surface area contributed by atoms with E-state index in [-0.39, 0.29) is 12.0 Å².